The van der Waals surface area contributed by atoms with Gasteiger partial charge in [0.15, 0.2) is 0 Å². The smallest absolute Gasteiger partial charge is 0.106 e. The van der Waals surface area contributed by atoms with Gasteiger partial charge in [-0.2, -0.15) is 0 Å². The molecular weight excluding hydrogens is 350 g/mol. The summed E-state index contributed by atoms with van der Waals surface area (Å²) in [6, 6.07) is 35.5. The molecule has 29 heavy (non-hydrogen) atoms. The van der Waals surface area contributed by atoms with Gasteiger partial charge in [-0.15, -0.1) is 0 Å². The van der Waals surface area contributed by atoms with E-state index in [9.17, 15) is 0 Å². The third kappa shape index (κ3) is 2.73. The average Bonchev–Trinajstić information content (AvgIpc) is 3.32. The first-order valence-electron chi connectivity index (χ1n) is 10.5. The summed E-state index contributed by atoms with van der Waals surface area (Å²) in [7, 11) is 0. The van der Waals surface area contributed by atoms with Crippen LogP contribution < -0.4 is 0 Å². The molecule has 0 saturated carbocycles. The molecule has 1 heteroatoms. The predicted octanol–water partition coefficient (Wildman–Crippen LogP) is 6.56. The Morgan fingerprint density at radius 3 is 1.31 bits per heavy atom. The lowest BCUT2D eigenvalue weighted by molar-refractivity contribution is -0.966. The second-order valence-corrected chi connectivity index (χ2v) is 8.59. The van der Waals surface area contributed by atoms with Crippen molar-refractivity contribution in [1.29, 1.82) is 0 Å². The molecule has 2 heterocycles. The number of nitrogens with zero attached hydrogens (tertiary/aromatic N) is 1. The minimum Gasteiger partial charge on any atom is -0.309 e. The van der Waals surface area contributed by atoms with Crippen molar-refractivity contribution in [1.82, 2.24) is 0 Å². The zero-order valence-corrected chi connectivity index (χ0v) is 16.5. The van der Waals surface area contributed by atoms with Crippen LogP contribution in [0.5, 0.6) is 0 Å². The molecule has 1 spiro atoms. The second kappa shape index (κ2) is 6.43. The van der Waals surface area contributed by atoms with Crippen LogP contribution in [0, 0.1) is 0 Å². The summed E-state index contributed by atoms with van der Waals surface area (Å²) in [5.74, 6) is 0. The van der Waals surface area contributed by atoms with Gasteiger partial charge in [0.2, 0.25) is 0 Å². The summed E-state index contributed by atoms with van der Waals surface area (Å²) in [4.78, 5) is 0. The number of benzene rings is 4. The SMILES string of the molecule is c1ccc(-c2cccc3c2C[N+]2(C3)Cc3cccc(-c4ccccc4)c3C2)cc1. The van der Waals surface area contributed by atoms with Gasteiger partial charge in [0.1, 0.15) is 26.2 Å². The lowest BCUT2D eigenvalue weighted by Gasteiger charge is -2.28. The van der Waals surface area contributed by atoms with E-state index in [-0.39, 0.29) is 0 Å². The van der Waals surface area contributed by atoms with Crippen molar-refractivity contribution >= 4 is 0 Å². The molecule has 0 aliphatic carbocycles. The highest BCUT2D eigenvalue weighted by Crippen LogP contribution is 2.45. The van der Waals surface area contributed by atoms with Crippen molar-refractivity contribution in [2.45, 2.75) is 26.2 Å². The molecule has 0 radical (unpaired) electrons. The van der Waals surface area contributed by atoms with Crippen LogP contribution in [0.2, 0.25) is 0 Å². The van der Waals surface area contributed by atoms with E-state index in [1.165, 1.54) is 33.4 Å². The van der Waals surface area contributed by atoms with Crippen molar-refractivity contribution in [3.63, 3.8) is 0 Å². The quantitative estimate of drug-likeness (QED) is 0.348. The highest BCUT2D eigenvalue weighted by atomic mass is 15.4. The lowest BCUT2D eigenvalue weighted by atomic mass is 9.97. The van der Waals surface area contributed by atoms with Crippen LogP contribution in [0.1, 0.15) is 22.3 Å². The maximum absolute atomic E-state index is 2.34. The van der Waals surface area contributed by atoms with E-state index in [1.54, 1.807) is 11.1 Å². The Hall–Kier alpha value is -3.16. The molecule has 4 aromatic rings. The summed E-state index contributed by atoms with van der Waals surface area (Å²) >= 11 is 0. The van der Waals surface area contributed by atoms with Crippen molar-refractivity contribution in [2.24, 2.45) is 0 Å². The third-order valence-corrected chi connectivity index (χ3v) is 6.71. The Kier molecular flexibility index (Phi) is 3.72. The van der Waals surface area contributed by atoms with Gasteiger partial charge in [-0.25, -0.2) is 0 Å². The minimum atomic E-state index is 1.13. The summed E-state index contributed by atoms with van der Waals surface area (Å²) < 4.78 is 1.14. The molecule has 0 aromatic heterocycles. The maximum atomic E-state index is 2.34. The molecular formula is C28H24N+. The Morgan fingerprint density at radius 2 is 0.862 bits per heavy atom. The van der Waals surface area contributed by atoms with Gasteiger partial charge in [0.25, 0.3) is 0 Å². The van der Waals surface area contributed by atoms with E-state index in [4.69, 9.17) is 0 Å². The van der Waals surface area contributed by atoms with Crippen LogP contribution in [0.3, 0.4) is 0 Å². The van der Waals surface area contributed by atoms with Gasteiger partial charge in [-0.1, -0.05) is 97.1 Å². The molecule has 2 aliphatic rings. The van der Waals surface area contributed by atoms with E-state index < -0.39 is 0 Å². The van der Waals surface area contributed by atoms with Crippen LogP contribution >= 0.6 is 0 Å². The van der Waals surface area contributed by atoms with Gasteiger partial charge in [0, 0.05) is 22.3 Å². The van der Waals surface area contributed by atoms with E-state index in [0.29, 0.717) is 0 Å². The van der Waals surface area contributed by atoms with Gasteiger partial charge in [-0.3, -0.25) is 0 Å². The Bertz CT molecular complexity index is 1090. The Balaban J connectivity index is 1.39. The largest absolute Gasteiger partial charge is 0.309 e. The lowest BCUT2D eigenvalue weighted by Crippen LogP contribution is -2.36. The van der Waals surface area contributed by atoms with Crippen molar-refractivity contribution in [3.8, 4) is 22.3 Å². The molecule has 6 rings (SSSR count). The average molecular weight is 375 g/mol. The van der Waals surface area contributed by atoms with Crippen molar-refractivity contribution in [3.05, 3.63) is 119 Å². The van der Waals surface area contributed by atoms with Gasteiger partial charge >= 0.3 is 0 Å². The van der Waals surface area contributed by atoms with E-state index in [2.05, 4.69) is 97.1 Å². The Morgan fingerprint density at radius 1 is 0.414 bits per heavy atom. The molecule has 0 N–H and O–H groups in total. The van der Waals surface area contributed by atoms with E-state index in [0.717, 1.165) is 30.7 Å². The monoisotopic (exact) mass is 374 g/mol. The van der Waals surface area contributed by atoms with Gasteiger partial charge in [-0.05, 0) is 22.3 Å². The predicted molar refractivity (Wildman–Crippen MR) is 119 cm³/mol. The minimum absolute atomic E-state index is 1.13. The number of hydrogen-bond donors (Lipinski definition) is 0. The van der Waals surface area contributed by atoms with E-state index >= 15 is 0 Å². The molecule has 0 saturated heterocycles. The number of fused-ring (bicyclic) bond motifs is 2. The second-order valence-electron chi connectivity index (χ2n) is 8.59. The molecule has 0 fully saturated rings. The summed E-state index contributed by atoms with van der Waals surface area (Å²) in [5.41, 5.74) is 11.7. The molecule has 0 unspecified atom stereocenters. The fourth-order valence-corrected chi connectivity index (χ4v) is 5.44. The fourth-order valence-electron chi connectivity index (χ4n) is 5.44. The first-order chi connectivity index (χ1) is 14.3. The van der Waals surface area contributed by atoms with Crippen molar-refractivity contribution < 1.29 is 4.48 Å². The first-order valence-corrected chi connectivity index (χ1v) is 10.5. The zero-order valence-electron chi connectivity index (χ0n) is 16.5. The third-order valence-electron chi connectivity index (χ3n) is 6.71. The van der Waals surface area contributed by atoms with Crippen LogP contribution in [0.25, 0.3) is 22.3 Å². The standard InChI is InChI=1S/C28H24N/c1-3-9-21(10-4-1)25-15-7-13-23-17-29(19-27(23)25)18-24-14-8-16-26(28(24)20-29)22-11-5-2-6-12-22/h1-16H,17-20H2/q+1. The number of quaternary nitrogens is 1. The van der Waals surface area contributed by atoms with Crippen molar-refractivity contribution in [2.75, 3.05) is 0 Å². The van der Waals surface area contributed by atoms with Crippen LogP contribution in [0.15, 0.2) is 97.1 Å². The van der Waals surface area contributed by atoms with Crippen LogP contribution in [-0.4, -0.2) is 4.48 Å². The fraction of sp³-hybridized carbons (Fsp3) is 0.143. The highest BCUT2D eigenvalue weighted by Gasteiger charge is 2.43. The maximum Gasteiger partial charge on any atom is 0.106 e. The molecule has 0 amide bonds. The molecule has 2 aliphatic heterocycles. The molecule has 4 aromatic carbocycles. The van der Waals surface area contributed by atoms with Gasteiger partial charge < -0.3 is 4.48 Å². The molecule has 0 atom stereocenters. The topological polar surface area (TPSA) is 0 Å². The summed E-state index contributed by atoms with van der Waals surface area (Å²) in [6.45, 7) is 4.53. The molecule has 0 bridgehead atoms. The normalized spacial score (nSPS) is 16.0. The zero-order chi connectivity index (χ0) is 19.3. The van der Waals surface area contributed by atoms with E-state index in [1.807, 2.05) is 0 Å². The van der Waals surface area contributed by atoms with Crippen LogP contribution in [0.4, 0.5) is 0 Å². The Labute approximate surface area is 172 Å². The first kappa shape index (κ1) is 16.8. The highest BCUT2D eigenvalue weighted by molar-refractivity contribution is 5.70. The summed E-state index contributed by atoms with van der Waals surface area (Å²) in [6.07, 6.45) is 0. The van der Waals surface area contributed by atoms with Crippen LogP contribution in [-0.2, 0) is 26.2 Å². The molecule has 140 valence electrons. The van der Waals surface area contributed by atoms with Gasteiger partial charge in [0.05, 0.1) is 0 Å². The number of rotatable bonds is 2. The summed E-state index contributed by atoms with van der Waals surface area (Å²) in [5, 5.41) is 0. The molecule has 1 nitrogen and oxygen atoms in total. The number of hydrogen-bond acceptors (Lipinski definition) is 0.